The third-order valence-corrected chi connectivity index (χ3v) is 3.80. The van der Waals surface area contributed by atoms with Gasteiger partial charge in [-0.1, -0.05) is 25.1 Å². The van der Waals surface area contributed by atoms with Crippen LogP contribution in [0.3, 0.4) is 0 Å². The van der Waals surface area contributed by atoms with Crippen molar-refractivity contribution in [3.63, 3.8) is 0 Å². The van der Waals surface area contributed by atoms with Crippen molar-refractivity contribution in [2.24, 2.45) is 7.05 Å². The highest BCUT2D eigenvalue weighted by molar-refractivity contribution is 5.85. The Morgan fingerprint density at radius 2 is 2.10 bits per heavy atom. The molecule has 1 N–H and O–H groups in total. The Labute approximate surface area is 124 Å². The molecule has 0 aliphatic rings. The highest BCUT2D eigenvalue weighted by Gasteiger charge is 2.19. The second-order valence-corrected chi connectivity index (χ2v) is 5.28. The average molecular weight is 280 g/mol. The van der Waals surface area contributed by atoms with Gasteiger partial charge in [0.05, 0.1) is 11.7 Å². The zero-order valence-electron chi connectivity index (χ0n) is 12.7. The van der Waals surface area contributed by atoms with Crippen molar-refractivity contribution in [3.8, 4) is 0 Å². The number of rotatable bonds is 4. The van der Waals surface area contributed by atoms with Crippen molar-refractivity contribution in [2.75, 3.05) is 6.54 Å². The van der Waals surface area contributed by atoms with E-state index in [-0.39, 0.29) is 6.04 Å². The standard InChI is InChI=1S/C17H20N4/c1-4-19-17(16-11-21(3)20-12(16)2)14-7-5-6-13-8-9-18-10-15(13)14/h5-11,17,19H,4H2,1-3H3. The van der Waals surface area contributed by atoms with Crippen LogP contribution in [0.25, 0.3) is 10.8 Å². The Balaban J connectivity index is 2.18. The number of hydrogen-bond donors (Lipinski definition) is 1. The minimum absolute atomic E-state index is 0.136. The SMILES string of the molecule is CCNC(c1cn(C)nc1C)c1cccc2ccncc12. The molecule has 0 fully saturated rings. The molecule has 2 aromatic heterocycles. The molecule has 108 valence electrons. The highest BCUT2D eigenvalue weighted by Crippen LogP contribution is 2.29. The fourth-order valence-corrected chi connectivity index (χ4v) is 2.88. The molecular formula is C17H20N4. The van der Waals surface area contributed by atoms with Crippen LogP contribution in [-0.2, 0) is 7.05 Å². The molecule has 0 saturated carbocycles. The minimum Gasteiger partial charge on any atom is -0.306 e. The van der Waals surface area contributed by atoms with Crippen LogP contribution in [0.2, 0.25) is 0 Å². The van der Waals surface area contributed by atoms with Gasteiger partial charge in [0.15, 0.2) is 0 Å². The number of hydrogen-bond acceptors (Lipinski definition) is 3. The maximum atomic E-state index is 4.48. The van der Waals surface area contributed by atoms with Crippen LogP contribution in [0.15, 0.2) is 42.9 Å². The molecule has 3 aromatic rings. The zero-order valence-corrected chi connectivity index (χ0v) is 12.7. The normalized spacial score (nSPS) is 12.7. The summed E-state index contributed by atoms with van der Waals surface area (Å²) in [6, 6.07) is 8.59. The monoisotopic (exact) mass is 280 g/mol. The molecule has 0 amide bonds. The first-order valence-corrected chi connectivity index (χ1v) is 7.27. The molecule has 1 aromatic carbocycles. The molecule has 1 atom stereocenters. The Hall–Kier alpha value is -2.20. The fraction of sp³-hybridized carbons (Fsp3) is 0.294. The van der Waals surface area contributed by atoms with Gasteiger partial charge in [-0.2, -0.15) is 5.10 Å². The molecule has 21 heavy (non-hydrogen) atoms. The van der Waals surface area contributed by atoms with E-state index in [0.29, 0.717) is 0 Å². The van der Waals surface area contributed by atoms with E-state index in [1.807, 2.05) is 24.1 Å². The molecule has 2 heterocycles. The molecule has 0 aliphatic carbocycles. The molecule has 0 radical (unpaired) electrons. The van der Waals surface area contributed by atoms with Crippen LogP contribution in [0, 0.1) is 6.92 Å². The summed E-state index contributed by atoms with van der Waals surface area (Å²) >= 11 is 0. The van der Waals surface area contributed by atoms with E-state index in [4.69, 9.17) is 0 Å². The summed E-state index contributed by atoms with van der Waals surface area (Å²) in [5.41, 5.74) is 3.53. The number of fused-ring (bicyclic) bond motifs is 1. The molecule has 1 unspecified atom stereocenters. The highest BCUT2D eigenvalue weighted by atomic mass is 15.3. The molecule has 3 rings (SSSR count). The summed E-state index contributed by atoms with van der Waals surface area (Å²) in [6.45, 7) is 5.08. The lowest BCUT2D eigenvalue weighted by atomic mass is 9.95. The van der Waals surface area contributed by atoms with Crippen LogP contribution in [0.5, 0.6) is 0 Å². The third kappa shape index (κ3) is 2.54. The van der Waals surface area contributed by atoms with E-state index < -0.39 is 0 Å². The van der Waals surface area contributed by atoms with Gasteiger partial charge in [-0.25, -0.2) is 0 Å². The summed E-state index contributed by atoms with van der Waals surface area (Å²) in [6.07, 6.45) is 5.88. The second-order valence-electron chi connectivity index (χ2n) is 5.28. The topological polar surface area (TPSA) is 42.7 Å². The summed E-state index contributed by atoms with van der Waals surface area (Å²) in [7, 11) is 1.96. The van der Waals surface area contributed by atoms with E-state index in [1.165, 1.54) is 21.9 Å². The molecule has 0 bridgehead atoms. The summed E-state index contributed by atoms with van der Waals surface area (Å²) in [4.78, 5) is 4.29. The van der Waals surface area contributed by atoms with E-state index in [9.17, 15) is 0 Å². The number of nitrogens with one attached hydrogen (secondary N) is 1. The van der Waals surface area contributed by atoms with Crippen molar-refractivity contribution in [1.29, 1.82) is 0 Å². The van der Waals surface area contributed by atoms with Crippen LogP contribution in [0.1, 0.15) is 29.8 Å². The largest absolute Gasteiger partial charge is 0.306 e. The first-order valence-electron chi connectivity index (χ1n) is 7.27. The maximum absolute atomic E-state index is 4.48. The van der Waals surface area contributed by atoms with Gasteiger partial charge in [-0.15, -0.1) is 0 Å². The molecule has 4 nitrogen and oxygen atoms in total. The fourth-order valence-electron chi connectivity index (χ4n) is 2.88. The molecular weight excluding hydrogens is 260 g/mol. The third-order valence-electron chi connectivity index (χ3n) is 3.80. The molecule has 0 saturated heterocycles. The van der Waals surface area contributed by atoms with Crippen molar-refractivity contribution < 1.29 is 0 Å². The minimum atomic E-state index is 0.136. The predicted octanol–water partition coefficient (Wildman–Crippen LogP) is 2.98. The number of pyridine rings is 1. The first-order chi connectivity index (χ1) is 10.2. The van der Waals surface area contributed by atoms with E-state index in [2.05, 4.69) is 59.7 Å². The van der Waals surface area contributed by atoms with Gasteiger partial charge in [-0.3, -0.25) is 9.67 Å². The van der Waals surface area contributed by atoms with Gasteiger partial charge in [0, 0.05) is 36.6 Å². The van der Waals surface area contributed by atoms with Crippen molar-refractivity contribution in [1.82, 2.24) is 20.1 Å². The quantitative estimate of drug-likeness (QED) is 0.799. The van der Waals surface area contributed by atoms with Crippen molar-refractivity contribution >= 4 is 10.8 Å². The van der Waals surface area contributed by atoms with E-state index in [1.54, 1.807) is 0 Å². The maximum Gasteiger partial charge on any atom is 0.0644 e. The number of nitrogens with zero attached hydrogens (tertiary/aromatic N) is 3. The lowest BCUT2D eigenvalue weighted by Crippen LogP contribution is -2.22. The lowest BCUT2D eigenvalue weighted by Gasteiger charge is -2.19. The van der Waals surface area contributed by atoms with Gasteiger partial charge in [0.2, 0.25) is 0 Å². The number of aromatic nitrogens is 3. The number of aryl methyl sites for hydroxylation is 2. The van der Waals surface area contributed by atoms with Gasteiger partial charge in [0.25, 0.3) is 0 Å². The average Bonchev–Trinajstić information content (AvgIpc) is 2.83. The summed E-state index contributed by atoms with van der Waals surface area (Å²) in [5, 5.41) is 10.5. The Kier molecular flexibility index (Phi) is 3.71. The molecule has 4 heteroatoms. The summed E-state index contributed by atoms with van der Waals surface area (Å²) in [5.74, 6) is 0. The zero-order chi connectivity index (χ0) is 14.8. The van der Waals surface area contributed by atoms with Crippen LogP contribution in [-0.4, -0.2) is 21.3 Å². The number of benzene rings is 1. The Morgan fingerprint density at radius 3 is 2.81 bits per heavy atom. The Bertz CT molecular complexity index is 755. The smallest absolute Gasteiger partial charge is 0.0644 e. The van der Waals surface area contributed by atoms with Crippen molar-refractivity contribution in [2.45, 2.75) is 19.9 Å². The van der Waals surface area contributed by atoms with Gasteiger partial charge in [0.1, 0.15) is 0 Å². The Morgan fingerprint density at radius 1 is 1.24 bits per heavy atom. The van der Waals surface area contributed by atoms with Gasteiger partial charge < -0.3 is 5.32 Å². The first kappa shape index (κ1) is 13.8. The van der Waals surface area contributed by atoms with E-state index in [0.717, 1.165) is 12.2 Å². The van der Waals surface area contributed by atoms with Gasteiger partial charge >= 0.3 is 0 Å². The van der Waals surface area contributed by atoms with Gasteiger partial charge in [-0.05, 0) is 30.5 Å². The van der Waals surface area contributed by atoms with Crippen LogP contribution < -0.4 is 5.32 Å². The summed E-state index contributed by atoms with van der Waals surface area (Å²) < 4.78 is 1.87. The second kappa shape index (κ2) is 5.66. The lowest BCUT2D eigenvalue weighted by molar-refractivity contribution is 0.631. The van der Waals surface area contributed by atoms with Crippen LogP contribution in [0.4, 0.5) is 0 Å². The molecule has 0 aliphatic heterocycles. The molecule has 0 spiro atoms. The van der Waals surface area contributed by atoms with Crippen molar-refractivity contribution in [3.05, 3.63) is 59.7 Å². The van der Waals surface area contributed by atoms with Crippen LogP contribution >= 0.6 is 0 Å². The predicted molar refractivity (Wildman–Crippen MR) is 85.2 cm³/mol. The van der Waals surface area contributed by atoms with E-state index >= 15 is 0 Å².